The van der Waals surface area contributed by atoms with Crippen LogP contribution in [0.4, 0.5) is 0 Å². The Hall–Kier alpha value is -2.07. The normalized spacial score (nSPS) is 12.1. The zero-order valence-corrected chi connectivity index (χ0v) is 14.1. The van der Waals surface area contributed by atoms with Crippen LogP contribution in [0.15, 0.2) is 59.1 Å². The van der Waals surface area contributed by atoms with Gasteiger partial charge in [-0.3, -0.25) is 4.79 Å². The van der Waals surface area contributed by atoms with E-state index in [-0.39, 0.29) is 11.9 Å². The van der Waals surface area contributed by atoms with Crippen LogP contribution in [0.2, 0.25) is 0 Å². The number of hydrogen-bond acceptors (Lipinski definition) is 2. The molecule has 0 aliphatic rings. The number of benzene rings is 2. The summed E-state index contributed by atoms with van der Waals surface area (Å²) in [6, 6.07) is 15.4. The maximum absolute atomic E-state index is 12.0. The predicted octanol–water partition coefficient (Wildman–Crippen LogP) is 4.35. The van der Waals surface area contributed by atoms with Gasteiger partial charge in [-0.25, -0.2) is 0 Å². The molecule has 1 unspecified atom stereocenters. The van der Waals surface area contributed by atoms with E-state index in [1.54, 1.807) is 13.2 Å². The Kier molecular flexibility index (Phi) is 5.78. The molecule has 4 heteroatoms. The lowest BCUT2D eigenvalue weighted by molar-refractivity contribution is -0.117. The van der Waals surface area contributed by atoms with Crippen molar-refractivity contribution in [2.75, 3.05) is 7.11 Å². The monoisotopic (exact) mass is 359 g/mol. The molecule has 0 heterocycles. The summed E-state index contributed by atoms with van der Waals surface area (Å²) in [7, 11) is 1.63. The van der Waals surface area contributed by atoms with E-state index < -0.39 is 0 Å². The van der Waals surface area contributed by atoms with Crippen molar-refractivity contribution in [1.82, 2.24) is 5.32 Å². The van der Waals surface area contributed by atoms with Gasteiger partial charge in [-0.2, -0.15) is 0 Å². The van der Waals surface area contributed by atoms with Crippen LogP contribution in [0, 0.1) is 0 Å². The molecule has 114 valence electrons. The Morgan fingerprint density at radius 3 is 2.36 bits per heavy atom. The maximum Gasteiger partial charge on any atom is 0.244 e. The Labute approximate surface area is 139 Å². The van der Waals surface area contributed by atoms with Gasteiger partial charge in [0.05, 0.1) is 13.2 Å². The highest BCUT2D eigenvalue weighted by molar-refractivity contribution is 9.10. The average molecular weight is 360 g/mol. The highest BCUT2D eigenvalue weighted by Crippen LogP contribution is 2.16. The highest BCUT2D eigenvalue weighted by atomic mass is 79.9. The van der Waals surface area contributed by atoms with Gasteiger partial charge in [0.15, 0.2) is 0 Å². The standard InChI is InChI=1S/C18H18BrNO2/c1-13(15-6-8-16(19)9-7-15)20-18(21)12-5-14-3-10-17(22-2)11-4-14/h3-13H,1-2H3,(H,20,21)/b12-5+. The van der Waals surface area contributed by atoms with E-state index in [2.05, 4.69) is 21.2 Å². The summed E-state index contributed by atoms with van der Waals surface area (Å²) in [4.78, 5) is 12.0. The van der Waals surface area contributed by atoms with E-state index in [9.17, 15) is 4.79 Å². The summed E-state index contributed by atoms with van der Waals surface area (Å²) in [6.07, 6.45) is 3.32. The van der Waals surface area contributed by atoms with E-state index >= 15 is 0 Å². The first-order valence-electron chi connectivity index (χ1n) is 6.96. The quantitative estimate of drug-likeness (QED) is 0.806. The summed E-state index contributed by atoms with van der Waals surface area (Å²) < 4.78 is 6.12. The third-order valence-electron chi connectivity index (χ3n) is 3.27. The molecule has 0 spiro atoms. The molecule has 22 heavy (non-hydrogen) atoms. The Morgan fingerprint density at radius 1 is 1.14 bits per heavy atom. The number of carbonyl (C=O) groups is 1. The first-order chi connectivity index (χ1) is 10.6. The van der Waals surface area contributed by atoms with E-state index in [1.807, 2.05) is 55.5 Å². The van der Waals surface area contributed by atoms with Crippen molar-refractivity contribution in [2.24, 2.45) is 0 Å². The minimum absolute atomic E-state index is 0.0406. The molecule has 0 aromatic heterocycles. The Morgan fingerprint density at radius 2 is 1.77 bits per heavy atom. The smallest absolute Gasteiger partial charge is 0.244 e. The second-order valence-electron chi connectivity index (χ2n) is 4.89. The molecule has 0 fully saturated rings. The van der Waals surface area contributed by atoms with Crippen molar-refractivity contribution < 1.29 is 9.53 Å². The van der Waals surface area contributed by atoms with Crippen molar-refractivity contribution in [3.8, 4) is 5.75 Å². The first kappa shape index (κ1) is 16.3. The topological polar surface area (TPSA) is 38.3 Å². The van der Waals surface area contributed by atoms with Gasteiger partial charge in [-0.05, 0) is 48.4 Å². The average Bonchev–Trinajstić information content (AvgIpc) is 2.54. The molecule has 0 aliphatic carbocycles. The molecule has 0 radical (unpaired) electrons. The highest BCUT2D eigenvalue weighted by Gasteiger charge is 2.07. The number of amides is 1. The van der Waals surface area contributed by atoms with Crippen molar-refractivity contribution in [3.05, 3.63) is 70.2 Å². The van der Waals surface area contributed by atoms with Crippen molar-refractivity contribution in [1.29, 1.82) is 0 Å². The van der Waals surface area contributed by atoms with Gasteiger partial charge in [0.25, 0.3) is 0 Å². The minimum Gasteiger partial charge on any atom is -0.497 e. The van der Waals surface area contributed by atoms with Crippen LogP contribution in [0.5, 0.6) is 5.75 Å². The summed E-state index contributed by atoms with van der Waals surface area (Å²) >= 11 is 3.40. The Bertz CT molecular complexity index is 648. The fourth-order valence-corrected chi connectivity index (χ4v) is 2.25. The van der Waals surface area contributed by atoms with Gasteiger partial charge in [0.1, 0.15) is 5.75 Å². The number of carbonyl (C=O) groups excluding carboxylic acids is 1. The first-order valence-corrected chi connectivity index (χ1v) is 7.76. The fraction of sp³-hybridized carbons (Fsp3) is 0.167. The van der Waals surface area contributed by atoms with Crippen molar-refractivity contribution in [2.45, 2.75) is 13.0 Å². The minimum atomic E-state index is -0.119. The zero-order valence-electron chi connectivity index (χ0n) is 12.5. The Balaban J connectivity index is 1.93. The van der Waals surface area contributed by atoms with Gasteiger partial charge in [-0.15, -0.1) is 0 Å². The third kappa shape index (κ3) is 4.74. The van der Waals surface area contributed by atoms with Crippen LogP contribution in [0.3, 0.4) is 0 Å². The molecule has 1 amide bonds. The maximum atomic E-state index is 12.0. The number of hydrogen-bond donors (Lipinski definition) is 1. The van der Waals surface area contributed by atoms with Crippen molar-refractivity contribution in [3.63, 3.8) is 0 Å². The molecule has 3 nitrogen and oxygen atoms in total. The second-order valence-corrected chi connectivity index (χ2v) is 5.80. The van der Waals surface area contributed by atoms with E-state index in [0.29, 0.717) is 0 Å². The lowest BCUT2D eigenvalue weighted by Crippen LogP contribution is -2.24. The molecular weight excluding hydrogens is 342 g/mol. The van der Waals surface area contributed by atoms with Crippen LogP contribution in [0.25, 0.3) is 6.08 Å². The molecule has 0 saturated heterocycles. The van der Waals surface area contributed by atoms with E-state index in [0.717, 1.165) is 21.3 Å². The number of nitrogens with one attached hydrogen (secondary N) is 1. The molecule has 1 N–H and O–H groups in total. The van der Waals surface area contributed by atoms with E-state index in [4.69, 9.17) is 4.74 Å². The molecule has 2 aromatic rings. The fourth-order valence-electron chi connectivity index (χ4n) is 1.98. The van der Waals surface area contributed by atoms with Crippen LogP contribution < -0.4 is 10.1 Å². The van der Waals surface area contributed by atoms with Crippen molar-refractivity contribution >= 4 is 27.9 Å². The zero-order chi connectivity index (χ0) is 15.9. The molecule has 2 rings (SSSR count). The van der Waals surface area contributed by atoms with Crippen LogP contribution >= 0.6 is 15.9 Å². The largest absolute Gasteiger partial charge is 0.497 e. The second kappa shape index (κ2) is 7.80. The SMILES string of the molecule is COc1ccc(/C=C/C(=O)NC(C)c2ccc(Br)cc2)cc1. The summed E-state index contributed by atoms with van der Waals surface area (Å²) in [6.45, 7) is 1.96. The predicted molar refractivity (Wildman–Crippen MR) is 92.7 cm³/mol. The molecule has 0 aliphatic heterocycles. The third-order valence-corrected chi connectivity index (χ3v) is 3.80. The molecule has 2 aromatic carbocycles. The molecule has 0 bridgehead atoms. The number of rotatable bonds is 5. The summed E-state index contributed by atoms with van der Waals surface area (Å²) in [5, 5.41) is 2.94. The summed E-state index contributed by atoms with van der Waals surface area (Å²) in [5.74, 6) is 0.677. The molecular formula is C18H18BrNO2. The summed E-state index contributed by atoms with van der Waals surface area (Å²) in [5.41, 5.74) is 2.02. The lowest BCUT2D eigenvalue weighted by Gasteiger charge is -2.12. The van der Waals surface area contributed by atoms with Gasteiger partial charge in [0, 0.05) is 10.5 Å². The van der Waals surface area contributed by atoms with Gasteiger partial charge in [-0.1, -0.05) is 40.2 Å². The van der Waals surface area contributed by atoms with E-state index in [1.165, 1.54) is 6.08 Å². The number of methoxy groups -OCH3 is 1. The molecule has 1 atom stereocenters. The van der Waals surface area contributed by atoms with Gasteiger partial charge >= 0.3 is 0 Å². The van der Waals surface area contributed by atoms with Crippen LogP contribution in [-0.2, 0) is 4.79 Å². The molecule has 0 saturated carbocycles. The number of ether oxygens (including phenoxy) is 1. The lowest BCUT2D eigenvalue weighted by atomic mass is 10.1. The van der Waals surface area contributed by atoms with Gasteiger partial charge in [0.2, 0.25) is 5.91 Å². The van der Waals surface area contributed by atoms with Crippen LogP contribution in [-0.4, -0.2) is 13.0 Å². The van der Waals surface area contributed by atoms with Gasteiger partial charge < -0.3 is 10.1 Å². The van der Waals surface area contributed by atoms with Crippen LogP contribution in [0.1, 0.15) is 24.1 Å². The number of halogens is 1.